The molecule has 0 fully saturated rings. The Hall–Kier alpha value is -2.01. The van der Waals surface area contributed by atoms with E-state index >= 15 is 0 Å². The Labute approximate surface area is 223 Å². The maximum atomic E-state index is 12.6. The van der Waals surface area contributed by atoms with Crippen molar-refractivity contribution in [1.29, 1.82) is 0 Å². The van der Waals surface area contributed by atoms with Crippen LogP contribution in [-0.2, 0) is 22.6 Å². The average molecular weight is 518 g/mol. The van der Waals surface area contributed by atoms with Crippen molar-refractivity contribution in [2.45, 2.75) is 111 Å². The standard InChI is InChI=1S/C30H48ClN3O2/c1-5-7-21-33(4)30(36)17-15-13-11-9-8-10-12-14-16-20-32-29(35)23-26-24(3)34(6-2)28-19-18-25(31)22-27(26)28/h18-19,22H,5-17,20-21,23H2,1-4H3,(H,32,35). The summed E-state index contributed by atoms with van der Waals surface area (Å²) in [6.45, 7) is 8.88. The van der Waals surface area contributed by atoms with E-state index < -0.39 is 0 Å². The Balaban J connectivity index is 1.52. The number of halogens is 1. The van der Waals surface area contributed by atoms with Gasteiger partial charge in [0.2, 0.25) is 11.8 Å². The van der Waals surface area contributed by atoms with E-state index in [9.17, 15) is 9.59 Å². The summed E-state index contributed by atoms with van der Waals surface area (Å²) in [5, 5.41) is 4.90. The maximum absolute atomic E-state index is 12.6. The molecule has 1 N–H and O–H groups in total. The lowest BCUT2D eigenvalue weighted by Gasteiger charge is -2.16. The Bertz CT molecular complexity index is 953. The number of nitrogens with one attached hydrogen (secondary N) is 1. The largest absolute Gasteiger partial charge is 0.356 e. The van der Waals surface area contributed by atoms with Crippen molar-refractivity contribution in [1.82, 2.24) is 14.8 Å². The Morgan fingerprint density at radius 1 is 0.944 bits per heavy atom. The summed E-state index contributed by atoms with van der Waals surface area (Å²) in [6, 6.07) is 5.94. The van der Waals surface area contributed by atoms with E-state index in [-0.39, 0.29) is 5.91 Å². The van der Waals surface area contributed by atoms with Crippen molar-refractivity contribution in [3.63, 3.8) is 0 Å². The van der Waals surface area contributed by atoms with Crippen LogP contribution in [0.1, 0.15) is 102 Å². The molecular formula is C30H48ClN3O2. The number of amides is 2. The Morgan fingerprint density at radius 3 is 2.22 bits per heavy atom. The predicted molar refractivity (Wildman–Crippen MR) is 153 cm³/mol. The third-order valence-corrected chi connectivity index (χ3v) is 7.47. The van der Waals surface area contributed by atoms with Gasteiger partial charge < -0.3 is 14.8 Å². The van der Waals surface area contributed by atoms with E-state index in [0.29, 0.717) is 23.8 Å². The lowest BCUT2D eigenvalue weighted by Crippen LogP contribution is -2.27. The average Bonchev–Trinajstić information content (AvgIpc) is 3.12. The second kappa shape index (κ2) is 16.7. The van der Waals surface area contributed by atoms with E-state index in [1.807, 2.05) is 30.1 Å². The van der Waals surface area contributed by atoms with Crippen LogP contribution in [-0.4, -0.2) is 41.4 Å². The highest BCUT2D eigenvalue weighted by Gasteiger charge is 2.16. The van der Waals surface area contributed by atoms with Crippen molar-refractivity contribution >= 4 is 34.3 Å². The van der Waals surface area contributed by atoms with Crippen LogP contribution >= 0.6 is 11.6 Å². The summed E-state index contributed by atoms with van der Waals surface area (Å²) in [5.74, 6) is 0.381. The third-order valence-electron chi connectivity index (χ3n) is 7.23. The molecule has 0 unspecified atom stereocenters. The van der Waals surface area contributed by atoms with E-state index in [1.165, 1.54) is 32.1 Å². The highest BCUT2D eigenvalue weighted by atomic mass is 35.5. The Kier molecular flexibility index (Phi) is 14.0. The minimum atomic E-state index is 0.0864. The van der Waals surface area contributed by atoms with Crippen LogP contribution in [0.5, 0.6) is 0 Å². The maximum Gasteiger partial charge on any atom is 0.224 e. The molecule has 0 aliphatic heterocycles. The molecule has 2 rings (SSSR count). The quantitative estimate of drug-likeness (QED) is 0.209. The highest BCUT2D eigenvalue weighted by molar-refractivity contribution is 6.31. The first-order valence-corrected chi connectivity index (χ1v) is 14.5. The number of hydrogen-bond acceptors (Lipinski definition) is 2. The molecule has 0 saturated carbocycles. The normalized spacial score (nSPS) is 11.2. The van der Waals surface area contributed by atoms with Gasteiger partial charge in [-0.15, -0.1) is 0 Å². The SMILES string of the molecule is CCCCN(C)C(=O)CCCCCCCCCCCNC(=O)Cc1c(C)n(CC)c2ccc(Cl)cc12. The molecule has 202 valence electrons. The number of unbranched alkanes of at least 4 members (excludes halogenated alkanes) is 9. The first-order valence-electron chi connectivity index (χ1n) is 14.2. The van der Waals surface area contributed by atoms with Gasteiger partial charge in [-0.25, -0.2) is 0 Å². The second-order valence-electron chi connectivity index (χ2n) is 10.1. The number of carbonyl (C=O) groups excluding carboxylic acids is 2. The van der Waals surface area contributed by atoms with Gasteiger partial charge in [0.25, 0.3) is 0 Å². The zero-order valence-corrected chi connectivity index (χ0v) is 23.9. The van der Waals surface area contributed by atoms with Gasteiger partial charge in [-0.3, -0.25) is 9.59 Å². The number of benzene rings is 1. The van der Waals surface area contributed by atoms with E-state index in [2.05, 4.69) is 30.7 Å². The van der Waals surface area contributed by atoms with Gasteiger partial charge in [-0.05, 0) is 56.9 Å². The third kappa shape index (κ3) is 9.80. The molecule has 0 bridgehead atoms. The molecule has 0 radical (unpaired) electrons. The van der Waals surface area contributed by atoms with Gasteiger partial charge in [0.1, 0.15) is 0 Å². The zero-order chi connectivity index (χ0) is 26.3. The van der Waals surface area contributed by atoms with Gasteiger partial charge in [-0.2, -0.15) is 0 Å². The molecule has 0 aliphatic carbocycles. The molecule has 0 atom stereocenters. The summed E-state index contributed by atoms with van der Waals surface area (Å²) in [7, 11) is 1.92. The van der Waals surface area contributed by atoms with Crippen molar-refractivity contribution < 1.29 is 9.59 Å². The number of rotatable bonds is 18. The number of carbonyl (C=O) groups is 2. The molecule has 1 aromatic carbocycles. The summed E-state index contributed by atoms with van der Waals surface area (Å²) >= 11 is 6.23. The zero-order valence-electron chi connectivity index (χ0n) is 23.1. The van der Waals surface area contributed by atoms with Crippen LogP contribution in [0.2, 0.25) is 5.02 Å². The fourth-order valence-corrected chi connectivity index (χ4v) is 5.13. The molecule has 0 saturated heterocycles. The number of fused-ring (bicyclic) bond motifs is 1. The van der Waals surface area contributed by atoms with Crippen LogP contribution in [0.25, 0.3) is 10.9 Å². The first-order chi connectivity index (χ1) is 17.4. The van der Waals surface area contributed by atoms with Crippen molar-refractivity contribution in [2.24, 2.45) is 0 Å². The molecule has 1 aromatic heterocycles. The van der Waals surface area contributed by atoms with Crippen LogP contribution < -0.4 is 5.32 Å². The van der Waals surface area contributed by atoms with Gasteiger partial charge in [0, 0.05) is 54.7 Å². The monoisotopic (exact) mass is 517 g/mol. The van der Waals surface area contributed by atoms with Crippen molar-refractivity contribution in [2.75, 3.05) is 20.1 Å². The number of aryl methyl sites for hydroxylation is 1. The number of nitrogens with zero attached hydrogens (tertiary/aromatic N) is 2. The molecule has 6 heteroatoms. The second-order valence-corrected chi connectivity index (χ2v) is 10.5. The van der Waals surface area contributed by atoms with Crippen molar-refractivity contribution in [3.05, 3.63) is 34.5 Å². The molecule has 36 heavy (non-hydrogen) atoms. The van der Waals surface area contributed by atoms with E-state index in [1.54, 1.807) is 0 Å². The van der Waals surface area contributed by atoms with Gasteiger partial charge >= 0.3 is 0 Å². The molecule has 0 spiro atoms. The molecule has 5 nitrogen and oxygen atoms in total. The smallest absolute Gasteiger partial charge is 0.224 e. The first kappa shape index (κ1) is 30.2. The summed E-state index contributed by atoms with van der Waals surface area (Å²) in [6.07, 6.45) is 13.9. The molecule has 1 heterocycles. The van der Waals surface area contributed by atoms with Gasteiger partial charge in [-0.1, -0.05) is 69.9 Å². The molecular weight excluding hydrogens is 470 g/mol. The number of hydrogen-bond donors (Lipinski definition) is 1. The minimum Gasteiger partial charge on any atom is -0.356 e. The lowest BCUT2D eigenvalue weighted by molar-refractivity contribution is -0.130. The fourth-order valence-electron chi connectivity index (χ4n) is 4.95. The lowest BCUT2D eigenvalue weighted by atomic mass is 10.1. The highest BCUT2D eigenvalue weighted by Crippen LogP contribution is 2.29. The molecule has 2 aromatic rings. The number of aromatic nitrogens is 1. The topological polar surface area (TPSA) is 54.3 Å². The van der Waals surface area contributed by atoms with Crippen LogP contribution in [0.3, 0.4) is 0 Å². The molecule has 2 amide bonds. The van der Waals surface area contributed by atoms with Crippen LogP contribution in [0, 0.1) is 6.92 Å². The molecule has 0 aliphatic rings. The Morgan fingerprint density at radius 2 is 1.58 bits per heavy atom. The minimum absolute atomic E-state index is 0.0864. The van der Waals surface area contributed by atoms with E-state index in [4.69, 9.17) is 11.6 Å². The fraction of sp³-hybridized carbons (Fsp3) is 0.667. The summed E-state index contributed by atoms with van der Waals surface area (Å²) in [5.41, 5.74) is 3.38. The van der Waals surface area contributed by atoms with Gasteiger partial charge in [0.15, 0.2) is 0 Å². The van der Waals surface area contributed by atoms with Crippen LogP contribution in [0.4, 0.5) is 0 Å². The van der Waals surface area contributed by atoms with E-state index in [0.717, 1.165) is 80.3 Å². The van der Waals surface area contributed by atoms with Crippen LogP contribution in [0.15, 0.2) is 18.2 Å². The van der Waals surface area contributed by atoms with Crippen molar-refractivity contribution in [3.8, 4) is 0 Å². The predicted octanol–water partition coefficient (Wildman–Crippen LogP) is 7.44. The summed E-state index contributed by atoms with van der Waals surface area (Å²) in [4.78, 5) is 26.5. The summed E-state index contributed by atoms with van der Waals surface area (Å²) < 4.78 is 2.25. The van der Waals surface area contributed by atoms with Gasteiger partial charge in [0.05, 0.1) is 6.42 Å².